The summed E-state index contributed by atoms with van der Waals surface area (Å²) in [5.41, 5.74) is 0. The Morgan fingerprint density at radius 1 is 1.11 bits per heavy atom. The second-order valence-electron chi connectivity index (χ2n) is 1.35. The third-order valence-electron chi connectivity index (χ3n) is 0.870. The van der Waals surface area contributed by atoms with Crippen LogP contribution in [0.5, 0.6) is 0 Å². The maximum atomic E-state index is 11.6. The van der Waals surface area contributed by atoms with Crippen molar-refractivity contribution in [3.05, 3.63) is 24.2 Å². The topological polar surface area (TPSA) is 18.5 Å². The third kappa shape index (κ3) is 1.01. The van der Waals surface area contributed by atoms with E-state index in [-0.39, 0.29) is 31.0 Å². The highest BCUT2D eigenvalue weighted by Crippen LogP contribution is 2.20. The molecule has 50 valence electrons. The van der Waals surface area contributed by atoms with E-state index < -0.39 is 0 Å². The van der Waals surface area contributed by atoms with Crippen molar-refractivity contribution in [2.75, 3.05) is 6.79 Å². The van der Waals surface area contributed by atoms with E-state index in [9.17, 15) is 8.78 Å². The molecule has 0 aromatic carbocycles. The summed E-state index contributed by atoms with van der Waals surface area (Å²) < 4.78 is 32.0. The summed E-state index contributed by atoms with van der Waals surface area (Å²) in [5.74, 6) is -0.394. The maximum Gasteiger partial charge on any atom is 0.231 e. The van der Waals surface area contributed by atoms with Gasteiger partial charge in [-0.15, -0.1) is 0 Å². The molecule has 9 heavy (non-hydrogen) atoms. The lowest BCUT2D eigenvalue weighted by molar-refractivity contribution is 0.0958. The van der Waals surface area contributed by atoms with Gasteiger partial charge in [-0.1, -0.05) is 0 Å². The van der Waals surface area contributed by atoms with Crippen LogP contribution in [0.25, 0.3) is 0 Å². The maximum absolute atomic E-state index is 11.6. The van der Waals surface area contributed by atoms with E-state index in [2.05, 4.69) is 9.47 Å². The Morgan fingerprint density at radius 2 is 1.56 bits per heavy atom. The van der Waals surface area contributed by atoms with Gasteiger partial charge in [-0.25, -0.2) is 8.78 Å². The van der Waals surface area contributed by atoms with Crippen LogP contribution in [0.1, 0.15) is 0 Å². The molecule has 1 aliphatic heterocycles. The van der Waals surface area contributed by atoms with Crippen molar-refractivity contribution in [2.45, 2.75) is 0 Å². The zero-order chi connectivity index (χ0) is 6.69. The Balaban J connectivity index is 2.75. The zero-order valence-electron chi connectivity index (χ0n) is 4.43. The molecule has 0 aromatic heterocycles. The van der Waals surface area contributed by atoms with Crippen molar-refractivity contribution >= 4 is 0 Å². The third-order valence-corrected chi connectivity index (χ3v) is 0.870. The fourth-order valence-electron chi connectivity index (χ4n) is 0.469. The molecule has 0 radical (unpaired) electrons. The van der Waals surface area contributed by atoms with Gasteiger partial charge in [-0.2, -0.15) is 0 Å². The van der Waals surface area contributed by atoms with Crippen LogP contribution in [-0.4, -0.2) is 6.79 Å². The van der Waals surface area contributed by atoms with Gasteiger partial charge in [-0.05, 0) is 0 Å². The van der Waals surface area contributed by atoms with E-state index in [4.69, 9.17) is 0 Å². The first-order valence-corrected chi connectivity index (χ1v) is 2.25. The summed E-state index contributed by atoms with van der Waals surface area (Å²) >= 11 is 0. The molecule has 0 N–H and O–H groups in total. The van der Waals surface area contributed by atoms with Crippen LogP contribution in [0.2, 0.25) is 0 Å². The van der Waals surface area contributed by atoms with E-state index in [0.717, 1.165) is 0 Å². The van der Waals surface area contributed by atoms with Crippen LogP contribution in [0.15, 0.2) is 24.2 Å². The van der Waals surface area contributed by atoms with Gasteiger partial charge in [0, 0.05) is 0 Å². The van der Waals surface area contributed by atoms with E-state index >= 15 is 0 Å². The van der Waals surface area contributed by atoms with Crippen molar-refractivity contribution in [1.29, 1.82) is 0 Å². The summed E-state index contributed by atoms with van der Waals surface area (Å²) in [5, 5.41) is 0. The molecular formula is C5H4F2O2. The summed E-state index contributed by atoms with van der Waals surface area (Å²) in [4.78, 5) is 0. The van der Waals surface area contributed by atoms with Gasteiger partial charge in [0.25, 0.3) is 0 Å². The van der Waals surface area contributed by atoms with Crippen LogP contribution in [0, 0.1) is 0 Å². The van der Waals surface area contributed by atoms with Gasteiger partial charge in [0.15, 0.2) is 11.5 Å². The highest BCUT2D eigenvalue weighted by atomic mass is 19.1. The van der Waals surface area contributed by atoms with Crippen molar-refractivity contribution in [1.82, 2.24) is 0 Å². The minimum absolute atomic E-state index is 0.120. The fraction of sp³-hybridized carbons (Fsp3) is 0.200. The number of rotatable bonds is 0. The van der Waals surface area contributed by atoms with Gasteiger partial charge in [0.05, 0.1) is 0 Å². The monoisotopic (exact) mass is 134 g/mol. The van der Waals surface area contributed by atoms with Crippen molar-refractivity contribution in [3.63, 3.8) is 0 Å². The second kappa shape index (κ2) is 2.48. The van der Waals surface area contributed by atoms with Crippen molar-refractivity contribution in [2.24, 2.45) is 0 Å². The average molecular weight is 134 g/mol. The smallest absolute Gasteiger partial charge is 0.231 e. The van der Waals surface area contributed by atoms with Gasteiger partial charge in [0.1, 0.15) is 12.7 Å². The lowest BCUT2D eigenvalue weighted by atomic mass is 10.5. The molecule has 0 atom stereocenters. The molecule has 0 saturated carbocycles. The first-order chi connectivity index (χ1) is 4.38. The highest BCUT2D eigenvalue weighted by Gasteiger charge is 2.15. The quantitative estimate of drug-likeness (QED) is 0.501. The molecule has 1 rings (SSSR count). The standard InChI is InChI=1S/C5H4F2O2/c6-1-4-5(2-7)9-3-8-4/h1-2H,3H2. The Bertz CT molecular complexity index is 144. The highest BCUT2D eigenvalue weighted by molar-refractivity contribution is 5.18. The van der Waals surface area contributed by atoms with Crippen molar-refractivity contribution < 1.29 is 18.3 Å². The molecule has 0 spiro atoms. The predicted molar refractivity (Wildman–Crippen MR) is 25.4 cm³/mol. The average Bonchev–Trinajstić information content (AvgIpc) is 2.33. The van der Waals surface area contributed by atoms with Crippen molar-refractivity contribution in [3.8, 4) is 0 Å². The molecule has 0 bridgehead atoms. The molecular weight excluding hydrogens is 130 g/mol. The summed E-state index contributed by atoms with van der Waals surface area (Å²) in [6, 6.07) is 0. The Hall–Kier alpha value is -1.06. The van der Waals surface area contributed by atoms with Gasteiger partial charge < -0.3 is 9.47 Å². The van der Waals surface area contributed by atoms with E-state index in [1.54, 1.807) is 0 Å². The molecule has 1 fully saturated rings. The van der Waals surface area contributed by atoms with E-state index in [1.807, 2.05) is 0 Å². The number of ether oxygens (including phenoxy) is 2. The Labute approximate surface area is 50.4 Å². The van der Waals surface area contributed by atoms with Crippen LogP contribution in [0.3, 0.4) is 0 Å². The molecule has 4 heteroatoms. The molecule has 1 aliphatic rings. The number of halogens is 2. The minimum Gasteiger partial charge on any atom is -0.451 e. The summed E-state index contributed by atoms with van der Waals surface area (Å²) in [6.45, 7) is -0.120. The van der Waals surface area contributed by atoms with Crippen LogP contribution in [-0.2, 0) is 9.47 Å². The summed E-state index contributed by atoms with van der Waals surface area (Å²) in [7, 11) is 0. The molecule has 0 aliphatic carbocycles. The zero-order valence-corrected chi connectivity index (χ0v) is 4.43. The normalized spacial score (nSPS) is 26.4. The fourth-order valence-corrected chi connectivity index (χ4v) is 0.469. The SMILES string of the molecule is FC=C1OCOC1=CF. The molecule has 0 unspecified atom stereocenters. The van der Waals surface area contributed by atoms with E-state index in [1.165, 1.54) is 0 Å². The van der Waals surface area contributed by atoms with E-state index in [0.29, 0.717) is 0 Å². The predicted octanol–water partition coefficient (Wildman–Crippen LogP) is 1.61. The molecule has 0 amide bonds. The molecule has 2 nitrogen and oxygen atoms in total. The van der Waals surface area contributed by atoms with Crippen LogP contribution < -0.4 is 0 Å². The molecule has 1 heterocycles. The van der Waals surface area contributed by atoms with Gasteiger partial charge in [0.2, 0.25) is 6.79 Å². The summed E-state index contributed by atoms with van der Waals surface area (Å²) in [6.07, 6.45) is 0.302. The second-order valence-corrected chi connectivity index (χ2v) is 1.35. The first-order valence-electron chi connectivity index (χ1n) is 2.25. The van der Waals surface area contributed by atoms with Gasteiger partial charge >= 0.3 is 0 Å². The Kier molecular flexibility index (Phi) is 1.67. The molecule has 0 aromatic rings. The largest absolute Gasteiger partial charge is 0.451 e. The minimum atomic E-state index is -0.197. The Morgan fingerprint density at radius 3 is 1.89 bits per heavy atom. The van der Waals surface area contributed by atoms with Gasteiger partial charge in [-0.3, -0.25) is 0 Å². The lowest BCUT2D eigenvalue weighted by Gasteiger charge is -1.87. The number of hydrogen-bond acceptors (Lipinski definition) is 2. The first kappa shape index (κ1) is 6.07. The number of hydrogen-bond donors (Lipinski definition) is 0. The van der Waals surface area contributed by atoms with Crippen LogP contribution >= 0.6 is 0 Å². The lowest BCUT2D eigenvalue weighted by Crippen LogP contribution is -1.77. The van der Waals surface area contributed by atoms with Crippen LogP contribution in [0.4, 0.5) is 8.78 Å². The molecule has 1 saturated heterocycles.